The van der Waals surface area contributed by atoms with E-state index in [2.05, 4.69) is 11.3 Å². The molecule has 7 nitrogen and oxygen atoms in total. The zero-order valence-electron chi connectivity index (χ0n) is 10.7. The summed E-state index contributed by atoms with van der Waals surface area (Å²) < 4.78 is 36.1. The molecule has 2 saturated carbocycles. The third kappa shape index (κ3) is 3.37. The van der Waals surface area contributed by atoms with Crippen LogP contribution in [-0.2, 0) is 34.2 Å². The molecule has 2 bridgehead atoms. The molecular weight excluding hydrogens is 288 g/mol. The highest BCUT2D eigenvalue weighted by Crippen LogP contribution is 2.47. The summed E-state index contributed by atoms with van der Waals surface area (Å²) in [6, 6.07) is 0. The summed E-state index contributed by atoms with van der Waals surface area (Å²) in [4.78, 5) is 22.4. The Bertz CT molecular complexity index is 476. The number of fused-ring (bicyclic) bond motifs is 2. The second-order valence-corrected chi connectivity index (χ2v) is 5.55. The SMILES string of the molecule is C=CC(=O)OCC(=O)OC1C2CCC(C2)C1O[SH](=O)=O. The fourth-order valence-electron chi connectivity index (χ4n) is 2.97. The van der Waals surface area contributed by atoms with Gasteiger partial charge in [0.25, 0.3) is 11.0 Å². The lowest BCUT2D eigenvalue weighted by molar-refractivity contribution is -0.166. The normalized spacial score (nSPS) is 31.2. The number of thiol groups is 1. The maximum atomic E-state index is 11.6. The third-order valence-electron chi connectivity index (χ3n) is 3.74. The fraction of sp³-hybridized carbons (Fsp3) is 0.667. The molecule has 0 amide bonds. The van der Waals surface area contributed by atoms with Gasteiger partial charge < -0.3 is 9.47 Å². The smallest absolute Gasteiger partial charge is 0.344 e. The highest BCUT2D eigenvalue weighted by Gasteiger charge is 2.51. The summed E-state index contributed by atoms with van der Waals surface area (Å²) in [6.45, 7) is 2.68. The van der Waals surface area contributed by atoms with Gasteiger partial charge in [-0.2, -0.15) is 0 Å². The Morgan fingerprint density at radius 3 is 2.45 bits per heavy atom. The highest BCUT2D eigenvalue weighted by molar-refractivity contribution is 7.67. The maximum Gasteiger partial charge on any atom is 0.344 e. The molecule has 0 aromatic carbocycles. The molecule has 20 heavy (non-hydrogen) atoms. The maximum absolute atomic E-state index is 11.6. The van der Waals surface area contributed by atoms with Gasteiger partial charge in [-0.15, -0.1) is 0 Å². The van der Waals surface area contributed by atoms with E-state index in [0.29, 0.717) is 0 Å². The van der Waals surface area contributed by atoms with Crippen molar-refractivity contribution in [2.75, 3.05) is 6.61 Å². The molecule has 0 saturated heterocycles. The standard InChI is InChI=1S/C12H16O7S/c1-2-9(13)17-6-10(14)18-11-7-3-4-8(5-7)12(11)19-20(15)16/h2,7-8,11-12,20H,1,3-6H2. The second kappa shape index (κ2) is 6.36. The summed E-state index contributed by atoms with van der Waals surface area (Å²) in [5.74, 6) is -1.22. The van der Waals surface area contributed by atoms with Gasteiger partial charge in [0.15, 0.2) is 6.61 Å². The van der Waals surface area contributed by atoms with E-state index in [-0.39, 0.29) is 11.8 Å². The van der Waals surface area contributed by atoms with Gasteiger partial charge in [-0.25, -0.2) is 18.0 Å². The molecule has 4 unspecified atom stereocenters. The van der Waals surface area contributed by atoms with E-state index in [9.17, 15) is 18.0 Å². The number of carbonyl (C=O) groups is 2. The lowest BCUT2D eigenvalue weighted by Crippen LogP contribution is -2.39. The Hall–Kier alpha value is -1.41. The molecule has 2 fully saturated rings. The average Bonchev–Trinajstić information content (AvgIpc) is 2.98. The lowest BCUT2D eigenvalue weighted by atomic mass is 9.95. The molecule has 2 aliphatic carbocycles. The molecule has 0 heterocycles. The van der Waals surface area contributed by atoms with Crippen molar-refractivity contribution in [3.63, 3.8) is 0 Å². The molecule has 2 rings (SSSR count). The molecule has 2 aliphatic rings. The van der Waals surface area contributed by atoms with Crippen molar-refractivity contribution in [3.8, 4) is 0 Å². The quantitative estimate of drug-likeness (QED) is 0.418. The van der Waals surface area contributed by atoms with Crippen molar-refractivity contribution < 1.29 is 31.7 Å². The van der Waals surface area contributed by atoms with Crippen LogP contribution >= 0.6 is 0 Å². The van der Waals surface area contributed by atoms with Gasteiger partial charge >= 0.3 is 11.9 Å². The fourth-order valence-corrected chi connectivity index (χ4v) is 3.46. The van der Waals surface area contributed by atoms with Crippen molar-refractivity contribution in [2.24, 2.45) is 11.8 Å². The summed E-state index contributed by atoms with van der Waals surface area (Å²) in [7, 11) is -2.99. The second-order valence-electron chi connectivity index (χ2n) is 4.89. The number of ether oxygens (including phenoxy) is 2. The molecule has 0 radical (unpaired) electrons. The first kappa shape index (κ1) is 15.0. The van der Waals surface area contributed by atoms with E-state index in [0.717, 1.165) is 25.3 Å². The van der Waals surface area contributed by atoms with Crippen LogP contribution in [0, 0.1) is 11.8 Å². The van der Waals surface area contributed by atoms with Gasteiger partial charge in [0.1, 0.15) is 12.2 Å². The van der Waals surface area contributed by atoms with Gasteiger partial charge in [-0.1, -0.05) is 6.58 Å². The summed E-state index contributed by atoms with van der Waals surface area (Å²) >= 11 is 0. The van der Waals surface area contributed by atoms with Gasteiger partial charge in [0, 0.05) is 6.08 Å². The first-order valence-corrected chi connectivity index (χ1v) is 7.40. The van der Waals surface area contributed by atoms with Crippen LogP contribution in [0.3, 0.4) is 0 Å². The third-order valence-corrected chi connectivity index (χ3v) is 4.16. The Labute approximate surface area is 118 Å². The molecular formula is C12H16O7S. The van der Waals surface area contributed by atoms with E-state index in [1.165, 1.54) is 0 Å². The van der Waals surface area contributed by atoms with Crippen LogP contribution in [0.1, 0.15) is 19.3 Å². The van der Waals surface area contributed by atoms with Crippen molar-refractivity contribution in [3.05, 3.63) is 12.7 Å². The van der Waals surface area contributed by atoms with Crippen LogP contribution in [-0.4, -0.2) is 39.2 Å². The molecule has 4 atom stereocenters. The molecule has 0 aliphatic heterocycles. The van der Waals surface area contributed by atoms with E-state index in [4.69, 9.17) is 8.92 Å². The zero-order valence-corrected chi connectivity index (χ0v) is 11.6. The van der Waals surface area contributed by atoms with Crippen molar-refractivity contribution >= 4 is 22.9 Å². The van der Waals surface area contributed by atoms with Crippen LogP contribution in [0.4, 0.5) is 0 Å². The Balaban J connectivity index is 1.91. The first-order valence-electron chi connectivity index (χ1n) is 6.31. The molecule has 0 spiro atoms. The molecule has 112 valence electrons. The Morgan fingerprint density at radius 1 is 1.20 bits per heavy atom. The van der Waals surface area contributed by atoms with Gasteiger partial charge in [-0.05, 0) is 31.1 Å². The molecule has 0 aromatic rings. The molecule has 0 aromatic heterocycles. The predicted octanol–water partition coefficient (Wildman–Crippen LogP) is -0.0311. The number of hydrogen-bond acceptors (Lipinski definition) is 7. The summed E-state index contributed by atoms with van der Waals surface area (Å²) in [5, 5.41) is 0. The van der Waals surface area contributed by atoms with E-state index >= 15 is 0 Å². The van der Waals surface area contributed by atoms with Crippen LogP contribution in [0.15, 0.2) is 12.7 Å². The number of hydrogen-bond donors (Lipinski definition) is 1. The van der Waals surface area contributed by atoms with Gasteiger partial charge in [0.2, 0.25) is 0 Å². The lowest BCUT2D eigenvalue weighted by Gasteiger charge is -2.28. The van der Waals surface area contributed by atoms with E-state index in [1.807, 2.05) is 0 Å². The largest absolute Gasteiger partial charge is 0.457 e. The predicted molar refractivity (Wildman–Crippen MR) is 67.1 cm³/mol. The minimum atomic E-state index is -2.99. The van der Waals surface area contributed by atoms with E-state index in [1.54, 1.807) is 0 Å². The number of carbonyl (C=O) groups excluding carboxylic acids is 2. The van der Waals surface area contributed by atoms with Gasteiger partial charge in [0.05, 0.1) is 0 Å². The number of esters is 2. The van der Waals surface area contributed by atoms with Gasteiger partial charge in [-0.3, -0.25) is 4.18 Å². The first-order chi connectivity index (χ1) is 9.51. The van der Waals surface area contributed by atoms with E-state index < -0.39 is 41.7 Å². The minimum absolute atomic E-state index is 0.0985. The summed E-state index contributed by atoms with van der Waals surface area (Å²) in [5.41, 5.74) is 0. The zero-order chi connectivity index (χ0) is 14.7. The minimum Gasteiger partial charge on any atom is -0.457 e. The van der Waals surface area contributed by atoms with Crippen molar-refractivity contribution in [1.82, 2.24) is 0 Å². The van der Waals surface area contributed by atoms with Crippen molar-refractivity contribution in [1.29, 1.82) is 0 Å². The molecule has 0 N–H and O–H groups in total. The molecule has 8 heteroatoms. The topological polar surface area (TPSA) is 96.0 Å². The number of rotatable bonds is 6. The van der Waals surface area contributed by atoms with Crippen LogP contribution in [0.25, 0.3) is 0 Å². The van der Waals surface area contributed by atoms with Crippen LogP contribution in [0.2, 0.25) is 0 Å². The van der Waals surface area contributed by atoms with Crippen molar-refractivity contribution in [2.45, 2.75) is 31.5 Å². The average molecular weight is 304 g/mol. The van der Waals surface area contributed by atoms with Crippen LogP contribution in [0.5, 0.6) is 0 Å². The highest BCUT2D eigenvalue weighted by atomic mass is 32.2. The Morgan fingerprint density at radius 2 is 1.85 bits per heavy atom. The Kier molecular flexibility index (Phi) is 4.77. The summed E-state index contributed by atoms with van der Waals surface area (Å²) in [6.07, 6.45) is 2.28. The van der Waals surface area contributed by atoms with Crippen LogP contribution < -0.4 is 0 Å². The monoisotopic (exact) mass is 304 g/mol.